The summed E-state index contributed by atoms with van der Waals surface area (Å²) in [4.78, 5) is 22.3. The smallest absolute Gasteiger partial charge is 0.328 e. The summed E-state index contributed by atoms with van der Waals surface area (Å²) >= 11 is 0. The monoisotopic (exact) mass is 266 g/mol. The van der Waals surface area contributed by atoms with E-state index in [0.29, 0.717) is 13.0 Å². The van der Waals surface area contributed by atoms with E-state index in [4.69, 9.17) is 9.84 Å². The number of hydrogen-bond acceptors (Lipinski definition) is 3. The molecule has 19 heavy (non-hydrogen) atoms. The Bertz CT molecular complexity index is 408. The lowest BCUT2D eigenvalue weighted by molar-refractivity contribution is -0.140. The van der Waals surface area contributed by atoms with Crippen LogP contribution in [0.2, 0.25) is 0 Å². The lowest BCUT2D eigenvalue weighted by Crippen LogP contribution is -2.48. The van der Waals surface area contributed by atoms with Crippen LogP contribution in [0.5, 0.6) is 0 Å². The van der Waals surface area contributed by atoms with Crippen molar-refractivity contribution >= 4 is 12.0 Å². The lowest BCUT2D eigenvalue weighted by Gasteiger charge is -2.14. The second-order valence-corrected chi connectivity index (χ2v) is 3.98. The van der Waals surface area contributed by atoms with Gasteiger partial charge >= 0.3 is 12.0 Å². The Balaban J connectivity index is 2.29. The van der Waals surface area contributed by atoms with Gasteiger partial charge in [0, 0.05) is 13.7 Å². The first-order valence-electron chi connectivity index (χ1n) is 5.93. The van der Waals surface area contributed by atoms with Gasteiger partial charge in [-0.2, -0.15) is 0 Å². The van der Waals surface area contributed by atoms with Crippen LogP contribution in [0.25, 0.3) is 0 Å². The van der Waals surface area contributed by atoms with Gasteiger partial charge < -0.3 is 20.5 Å². The molecule has 1 aromatic rings. The Morgan fingerprint density at radius 2 is 2.00 bits per heavy atom. The van der Waals surface area contributed by atoms with E-state index in [1.807, 2.05) is 30.3 Å². The molecule has 0 bridgehead atoms. The molecule has 1 aromatic carbocycles. The van der Waals surface area contributed by atoms with Gasteiger partial charge in [0.1, 0.15) is 0 Å². The van der Waals surface area contributed by atoms with Gasteiger partial charge in [-0.15, -0.1) is 0 Å². The van der Waals surface area contributed by atoms with E-state index in [1.54, 1.807) is 0 Å². The van der Waals surface area contributed by atoms with Gasteiger partial charge in [0.05, 0.1) is 6.61 Å². The minimum absolute atomic E-state index is 0.0680. The molecule has 3 N–H and O–H groups in total. The van der Waals surface area contributed by atoms with Gasteiger partial charge in [-0.25, -0.2) is 9.59 Å². The maximum absolute atomic E-state index is 11.5. The SMILES string of the molecule is COCC(NC(=O)NCCc1ccccc1)C(=O)O. The van der Waals surface area contributed by atoms with Crippen LogP contribution in [-0.4, -0.2) is 43.4 Å². The van der Waals surface area contributed by atoms with Gasteiger partial charge in [-0.05, 0) is 12.0 Å². The molecule has 0 saturated carbocycles. The predicted octanol–water partition coefficient (Wildman–Crippen LogP) is 0.628. The van der Waals surface area contributed by atoms with Gasteiger partial charge in [-0.1, -0.05) is 30.3 Å². The molecular formula is C13H18N2O4. The minimum atomic E-state index is -1.12. The number of ether oxygens (including phenoxy) is 1. The number of carboxylic acids is 1. The van der Waals surface area contributed by atoms with E-state index in [1.165, 1.54) is 7.11 Å². The Hall–Kier alpha value is -2.08. The summed E-state index contributed by atoms with van der Waals surface area (Å²) in [7, 11) is 1.38. The summed E-state index contributed by atoms with van der Waals surface area (Å²) in [5.41, 5.74) is 1.11. The highest BCUT2D eigenvalue weighted by molar-refractivity contribution is 5.82. The zero-order valence-corrected chi connectivity index (χ0v) is 10.8. The predicted molar refractivity (Wildman–Crippen MR) is 70.0 cm³/mol. The normalized spacial score (nSPS) is 11.6. The summed E-state index contributed by atoms with van der Waals surface area (Å²) in [6.07, 6.45) is 0.691. The Labute approximate surface area is 111 Å². The number of aliphatic carboxylic acids is 1. The molecule has 0 radical (unpaired) electrons. The summed E-state index contributed by atoms with van der Waals surface area (Å²) < 4.78 is 4.72. The molecule has 0 saturated heterocycles. The summed E-state index contributed by atoms with van der Waals surface area (Å²) in [6, 6.07) is 8.14. The topological polar surface area (TPSA) is 87.7 Å². The van der Waals surface area contributed by atoms with Crippen molar-refractivity contribution in [1.82, 2.24) is 10.6 Å². The maximum Gasteiger partial charge on any atom is 0.328 e. The van der Waals surface area contributed by atoms with E-state index >= 15 is 0 Å². The van der Waals surface area contributed by atoms with Crippen molar-refractivity contribution < 1.29 is 19.4 Å². The highest BCUT2D eigenvalue weighted by atomic mass is 16.5. The number of urea groups is 1. The van der Waals surface area contributed by atoms with Crippen LogP contribution in [-0.2, 0) is 16.0 Å². The van der Waals surface area contributed by atoms with Crippen LogP contribution < -0.4 is 10.6 Å². The first-order valence-corrected chi connectivity index (χ1v) is 5.93. The third-order valence-corrected chi connectivity index (χ3v) is 2.48. The fourth-order valence-corrected chi connectivity index (χ4v) is 1.52. The fraction of sp³-hybridized carbons (Fsp3) is 0.385. The number of amides is 2. The Morgan fingerprint density at radius 3 is 2.58 bits per heavy atom. The molecule has 0 aliphatic carbocycles. The molecule has 0 fully saturated rings. The largest absolute Gasteiger partial charge is 0.480 e. The molecular weight excluding hydrogens is 248 g/mol. The quantitative estimate of drug-likeness (QED) is 0.675. The fourth-order valence-electron chi connectivity index (χ4n) is 1.52. The van der Waals surface area contributed by atoms with Crippen molar-refractivity contribution in [3.8, 4) is 0 Å². The van der Waals surface area contributed by atoms with Gasteiger partial charge in [0.15, 0.2) is 6.04 Å². The van der Waals surface area contributed by atoms with Crippen molar-refractivity contribution in [2.24, 2.45) is 0 Å². The van der Waals surface area contributed by atoms with Crippen molar-refractivity contribution in [3.05, 3.63) is 35.9 Å². The first kappa shape index (κ1) is 15.0. The zero-order chi connectivity index (χ0) is 14.1. The van der Waals surface area contributed by atoms with E-state index in [9.17, 15) is 9.59 Å². The van der Waals surface area contributed by atoms with Crippen molar-refractivity contribution in [3.63, 3.8) is 0 Å². The van der Waals surface area contributed by atoms with Crippen LogP contribution in [0.3, 0.4) is 0 Å². The highest BCUT2D eigenvalue weighted by Gasteiger charge is 2.19. The number of benzene rings is 1. The molecule has 6 heteroatoms. The Morgan fingerprint density at radius 1 is 1.32 bits per heavy atom. The van der Waals surface area contributed by atoms with Crippen LogP contribution in [0.1, 0.15) is 5.56 Å². The number of methoxy groups -OCH3 is 1. The van der Waals surface area contributed by atoms with E-state index in [-0.39, 0.29) is 6.61 Å². The zero-order valence-electron chi connectivity index (χ0n) is 10.8. The van der Waals surface area contributed by atoms with Crippen LogP contribution >= 0.6 is 0 Å². The molecule has 2 amide bonds. The van der Waals surface area contributed by atoms with E-state index in [0.717, 1.165) is 5.56 Å². The molecule has 0 spiro atoms. The van der Waals surface area contributed by atoms with Crippen molar-refractivity contribution in [2.45, 2.75) is 12.5 Å². The molecule has 104 valence electrons. The third kappa shape index (κ3) is 5.87. The van der Waals surface area contributed by atoms with Crippen molar-refractivity contribution in [2.75, 3.05) is 20.3 Å². The summed E-state index contributed by atoms with van der Waals surface area (Å²) in [5, 5.41) is 13.8. The molecule has 1 unspecified atom stereocenters. The summed E-state index contributed by atoms with van der Waals surface area (Å²) in [5.74, 6) is -1.12. The summed E-state index contributed by atoms with van der Waals surface area (Å²) in [6.45, 7) is 0.372. The van der Waals surface area contributed by atoms with Gasteiger partial charge in [-0.3, -0.25) is 0 Å². The average Bonchev–Trinajstić information content (AvgIpc) is 2.39. The average molecular weight is 266 g/mol. The molecule has 0 aliphatic rings. The number of carboxylic acid groups (broad SMARTS) is 1. The number of nitrogens with one attached hydrogen (secondary N) is 2. The van der Waals surface area contributed by atoms with Crippen LogP contribution in [0.4, 0.5) is 4.79 Å². The van der Waals surface area contributed by atoms with Crippen LogP contribution in [0, 0.1) is 0 Å². The molecule has 1 atom stereocenters. The van der Waals surface area contributed by atoms with E-state index < -0.39 is 18.0 Å². The molecule has 1 rings (SSSR count). The minimum Gasteiger partial charge on any atom is -0.480 e. The molecule has 6 nitrogen and oxygen atoms in total. The van der Waals surface area contributed by atoms with Crippen LogP contribution in [0.15, 0.2) is 30.3 Å². The molecule has 0 aliphatic heterocycles. The first-order chi connectivity index (χ1) is 9.13. The van der Waals surface area contributed by atoms with Gasteiger partial charge in [0.2, 0.25) is 0 Å². The maximum atomic E-state index is 11.5. The highest BCUT2D eigenvalue weighted by Crippen LogP contribution is 1.98. The molecule has 0 heterocycles. The molecule has 0 aromatic heterocycles. The number of rotatable bonds is 7. The lowest BCUT2D eigenvalue weighted by atomic mass is 10.1. The number of carbonyl (C=O) groups is 2. The Kier molecular flexibility index (Phi) is 6.38. The number of carbonyl (C=O) groups excluding carboxylic acids is 1. The second kappa shape index (κ2) is 8.10. The number of hydrogen-bond donors (Lipinski definition) is 3. The standard InChI is InChI=1S/C13H18N2O4/c1-19-9-11(12(16)17)15-13(18)14-8-7-10-5-3-2-4-6-10/h2-6,11H,7-9H2,1H3,(H,16,17)(H2,14,15,18). The second-order valence-electron chi connectivity index (χ2n) is 3.98. The van der Waals surface area contributed by atoms with Gasteiger partial charge in [0.25, 0.3) is 0 Å². The van der Waals surface area contributed by atoms with E-state index in [2.05, 4.69) is 10.6 Å². The third-order valence-electron chi connectivity index (χ3n) is 2.48. The van der Waals surface area contributed by atoms with Crippen molar-refractivity contribution in [1.29, 1.82) is 0 Å².